The van der Waals surface area contributed by atoms with Crippen LogP contribution in [0.2, 0.25) is 0 Å². The zero-order valence-corrected chi connectivity index (χ0v) is 16.2. The van der Waals surface area contributed by atoms with Crippen molar-refractivity contribution in [3.8, 4) is 17.2 Å². The number of hydrogen-bond acceptors (Lipinski definition) is 4. The Balaban J connectivity index is 1.84. The maximum atomic E-state index is 5.92. The molecule has 1 aliphatic heterocycles. The van der Waals surface area contributed by atoms with Crippen LogP contribution in [-0.4, -0.2) is 27.4 Å². The lowest BCUT2D eigenvalue weighted by atomic mass is 9.89. The zero-order chi connectivity index (χ0) is 18.5. The van der Waals surface area contributed by atoms with Crippen LogP contribution in [-0.2, 0) is 6.42 Å². The number of ether oxygens (including phenoxy) is 3. The van der Waals surface area contributed by atoms with Gasteiger partial charge in [-0.2, -0.15) is 0 Å². The van der Waals surface area contributed by atoms with Crippen LogP contribution in [0.4, 0.5) is 0 Å². The molecule has 2 aromatic rings. The molecule has 4 heteroatoms. The molecule has 1 heterocycles. The molecule has 1 N–H and O–H groups in total. The Bertz CT molecular complexity index is 742. The molecule has 4 nitrogen and oxygen atoms in total. The molecule has 1 unspecified atom stereocenters. The molecule has 140 valence electrons. The molecule has 0 aromatic heterocycles. The van der Waals surface area contributed by atoms with Gasteiger partial charge in [-0.25, -0.2) is 0 Å². The monoisotopic (exact) mass is 355 g/mol. The summed E-state index contributed by atoms with van der Waals surface area (Å²) in [6.45, 7) is 6.05. The lowest BCUT2D eigenvalue weighted by Crippen LogP contribution is -2.30. The number of fused-ring (bicyclic) bond motifs is 1. The highest BCUT2D eigenvalue weighted by molar-refractivity contribution is 5.49. The van der Waals surface area contributed by atoms with E-state index in [2.05, 4.69) is 43.4 Å². The minimum Gasteiger partial charge on any atom is -0.497 e. The Morgan fingerprint density at radius 1 is 1.04 bits per heavy atom. The predicted molar refractivity (Wildman–Crippen MR) is 104 cm³/mol. The summed E-state index contributed by atoms with van der Waals surface area (Å²) in [4.78, 5) is 0. The van der Waals surface area contributed by atoms with Crippen LogP contribution in [0.5, 0.6) is 17.2 Å². The fraction of sp³-hybridized carbons (Fsp3) is 0.455. The first kappa shape index (κ1) is 18.6. The number of benzene rings is 2. The van der Waals surface area contributed by atoms with E-state index in [-0.39, 0.29) is 6.04 Å². The first-order valence-electron chi connectivity index (χ1n) is 9.33. The van der Waals surface area contributed by atoms with Gasteiger partial charge in [0.25, 0.3) is 0 Å². The molecule has 0 saturated carbocycles. The quantitative estimate of drug-likeness (QED) is 0.801. The van der Waals surface area contributed by atoms with E-state index in [0.29, 0.717) is 12.5 Å². The second-order valence-electron chi connectivity index (χ2n) is 7.14. The Labute approximate surface area is 156 Å². The van der Waals surface area contributed by atoms with Gasteiger partial charge in [0.1, 0.15) is 5.75 Å². The van der Waals surface area contributed by atoms with Crippen molar-refractivity contribution in [3.63, 3.8) is 0 Å². The average Bonchev–Trinajstić information content (AvgIpc) is 2.67. The van der Waals surface area contributed by atoms with Gasteiger partial charge in [-0.15, -0.1) is 0 Å². The highest BCUT2D eigenvalue weighted by atomic mass is 16.5. The largest absolute Gasteiger partial charge is 0.497 e. The van der Waals surface area contributed by atoms with Crippen LogP contribution >= 0.6 is 0 Å². The summed E-state index contributed by atoms with van der Waals surface area (Å²) in [5, 5.41) is 3.62. The second kappa shape index (κ2) is 8.45. The van der Waals surface area contributed by atoms with Crippen LogP contribution in [0.25, 0.3) is 0 Å². The molecule has 26 heavy (non-hydrogen) atoms. The molecule has 0 saturated heterocycles. The third-order valence-corrected chi connectivity index (χ3v) is 4.88. The summed E-state index contributed by atoms with van der Waals surface area (Å²) >= 11 is 0. The Hall–Kier alpha value is -2.20. The predicted octanol–water partition coefficient (Wildman–Crippen LogP) is 4.36. The minimum atomic E-state index is 0.156. The molecule has 0 fully saturated rings. The standard InChI is InChI=1S/C22H29NO3/c1-15(2)10-12-26-20-8-5-17(14-21(20)25-4)22-19-7-6-18(24-3)13-16(19)9-11-23-22/h5-8,13-15,22-23H,9-12H2,1-4H3. The highest BCUT2D eigenvalue weighted by Crippen LogP contribution is 2.36. The van der Waals surface area contributed by atoms with Crippen LogP contribution in [0.15, 0.2) is 36.4 Å². The molecule has 0 spiro atoms. The van der Waals surface area contributed by atoms with E-state index in [9.17, 15) is 0 Å². The summed E-state index contributed by atoms with van der Waals surface area (Å²) in [6, 6.07) is 12.7. The molecule has 0 radical (unpaired) electrons. The lowest BCUT2D eigenvalue weighted by molar-refractivity contribution is 0.272. The van der Waals surface area contributed by atoms with Gasteiger partial charge in [-0.05, 0) is 59.7 Å². The molecule has 0 amide bonds. The van der Waals surface area contributed by atoms with Gasteiger partial charge in [0, 0.05) is 6.54 Å². The summed E-state index contributed by atoms with van der Waals surface area (Å²) in [7, 11) is 3.41. The fourth-order valence-electron chi connectivity index (χ4n) is 3.35. The van der Waals surface area contributed by atoms with E-state index in [4.69, 9.17) is 14.2 Å². The van der Waals surface area contributed by atoms with Crippen molar-refractivity contribution in [1.29, 1.82) is 0 Å². The zero-order valence-electron chi connectivity index (χ0n) is 16.2. The molecular weight excluding hydrogens is 326 g/mol. The van der Waals surface area contributed by atoms with Crippen molar-refractivity contribution < 1.29 is 14.2 Å². The van der Waals surface area contributed by atoms with Gasteiger partial charge in [-0.1, -0.05) is 26.0 Å². The van der Waals surface area contributed by atoms with Gasteiger partial charge in [0.15, 0.2) is 11.5 Å². The minimum absolute atomic E-state index is 0.156. The van der Waals surface area contributed by atoms with Crippen molar-refractivity contribution >= 4 is 0 Å². The summed E-state index contributed by atoms with van der Waals surface area (Å²) in [5.74, 6) is 3.13. The summed E-state index contributed by atoms with van der Waals surface area (Å²) in [6.07, 6.45) is 2.04. The van der Waals surface area contributed by atoms with Gasteiger partial charge < -0.3 is 19.5 Å². The number of rotatable bonds is 7. The molecular formula is C22H29NO3. The van der Waals surface area contributed by atoms with Crippen molar-refractivity contribution in [2.75, 3.05) is 27.4 Å². The van der Waals surface area contributed by atoms with Crippen molar-refractivity contribution in [1.82, 2.24) is 5.32 Å². The lowest BCUT2D eigenvalue weighted by Gasteiger charge is -2.28. The maximum absolute atomic E-state index is 5.92. The number of hydrogen-bond donors (Lipinski definition) is 1. The number of methoxy groups -OCH3 is 2. The molecule has 0 aliphatic carbocycles. The molecule has 1 aliphatic rings. The van der Waals surface area contributed by atoms with Crippen LogP contribution < -0.4 is 19.5 Å². The molecule has 1 atom stereocenters. The summed E-state index contributed by atoms with van der Waals surface area (Å²) in [5.41, 5.74) is 3.82. The third-order valence-electron chi connectivity index (χ3n) is 4.88. The van der Waals surface area contributed by atoms with Crippen molar-refractivity contribution in [2.24, 2.45) is 5.92 Å². The van der Waals surface area contributed by atoms with E-state index < -0.39 is 0 Å². The van der Waals surface area contributed by atoms with Crippen LogP contribution in [0.3, 0.4) is 0 Å². The van der Waals surface area contributed by atoms with Crippen LogP contribution in [0, 0.1) is 5.92 Å². The molecule has 0 bridgehead atoms. The average molecular weight is 355 g/mol. The maximum Gasteiger partial charge on any atom is 0.161 e. The SMILES string of the molecule is COc1ccc2c(c1)CCNC2c1ccc(OCCC(C)C)c(OC)c1. The third kappa shape index (κ3) is 4.13. The Morgan fingerprint density at radius 3 is 2.62 bits per heavy atom. The van der Waals surface area contributed by atoms with Crippen LogP contribution in [0.1, 0.15) is 43.0 Å². The smallest absolute Gasteiger partial charge is 0.161 e. The van der Waals surface area contributed by atoms with E-state index >= 15 is 0 Å². The van der Waals surface area contributed by atoms with E-state index in [0.717, 1.165) is 36.6 Å². The highest BCUT2D eigenvalue weighted by Gasteiger charge is 2.23. The topological polar surface area (TPSA) is 39.7 Å². The van der Waals surface area contributed by atoms with E-state index in [1.54, 1.807) is 14.2 Å². The first-order valence-corrected chi connectivity index (χ1v) is 9.33. The molecule has 2 aromatic carbocycles. The second-order valence-corrected chi connectivity index (χ2v) is 7.14. The number of nitrogens with one attached hydrogen (secondary N) is 1. The Kier molecular flexibility index (Phi) is 6.04. The van der Waals surface area contributed by atoms with Gasteiger partial charge in [-0.3, -0.25) is 0 Å². The van der Waals surface area contributed by atoms with Crippen molar-refractivity contribution in [2.45, 2.75) is 32.7 Å². The Morgan fingerprint density at radius 2 is 1.88 bits per heavy atom. The van der Waals surface area contributed by atoms with Gasteiger partial charge in [0.2, 0.25) is 0 Å². The molecule has 3 rings (SSSR count). The van der Waals surface area contributed by atoms with E-state index in [1.165, 1.54) is 16.7 Å². The van der Waals surface area contributed by atoms with Crippen molar-refractivity contribution in [3.05, 3.63) is 53.1 Å². The van der Waals surface area contributed by atoms with Gasteiger partial charge in [0.05, 0.1) is 26.9 Å². The summed E-state index contributed by atoms with van der Waals surface area (Å²) < 4.78 is 16.9. The van der Waals surface area contributed by atoms with E-state index in [1.807, 2.05) is 12.1 Å². The first-order chi connectivity index (χ1) is 12.6. The fourth-order valence-corrected chi connectivity index (χ4v) is 3.35. The van der Waals surface area contributed by atoms with Gasteiger partial charge >= 0.3 is 0 Å². The normalized spacial score (nSPS) is 16.3.